The molecule has 0 rings (SSSR count). The molecule has 0 spiro atoms. The van der Waals surface area contributed by atoms with Crippen molar-refractivity contribution in [2.45, 2.75) is 77.8 Å². The first-order valence-corrected chi connectivity index (χ1v) is 7.12. The molecule has 2 atom stereocenters. The molecule has 7 heteroatoms. The van der Waals surface area contributed by atoms with Gasteiger partial charge in [-0.05, 0) is 48.0 Å². The maximum atomic E-state index is 12.7. The van der Waals surface area contributed by atoms with Crippen molar-refractivity contribution in [3.63, 3.8) is 0 Å². The highest BCUT2D eigenvalue weighted by Crippen LogP contribution is 2.24. The number of hydrogen-bond donors (Lipinski definition) is 2. The zero-order valence-electron chi connectivity index (χ0n) is 13.6. The monoisotopic (exact) mass is 312 g/mol. The minimum absolute atomic E-state index is 0.0755. The van der Waals surface area contributed by atoms with Crippen molar-refractivity contribution in [3.05, 3.63) is 0 Å². The fraction of sp³-hybridized carbons (Fsp3) is 0.929. The first-order valence-electron chi connectivity index (χ1n) is 7.12. The first-order chi connectivity index (χ1) is 9.28. The average Bonchev–Trinajstić information content (AvgIpc) is 2.22. The Labute approximate surface area is 124 Å². The normalized spacial score (nSPS) is 17.3. The highest BCUT2D eigenvalue weighted by Gasteiger charge is 2.39. The van der Waals surface area contributed by atoms with E-state index in [0.717, 1.165) is 0 Å². The van der Waals surface area contributed by atoms with Gasteiger partial charge in [-0.15, -0.1) is 0 Å². The summed E-state index contributed by atoms with van der Waals surface area (Å²) in [5.41, 5.74) is -1.26. The van der Waals surface area contributed by atoms with E-state index in [9.17, 15) is 23.1 Å². The summed E-state index contributed by atoms with van der Waals surface area (Å²) in [7, 11) is 0. The molecule has 2 N–H and O–H groups in total. The average molecular weight is 312 g/mol. The molecule has 0 aromatic carbocycles. The number of nitrogens with one attached hydrogen (secondary N) is 1. The minimum atomic E-state index is -4.30. The third-order valence-electron chi connectivity index (χ3n) is 3.37. The van der Waals surface area contributed by atoms with Gasteiger partial charge in [-0.1, -0.05) is 0 Å². The lowest BCUT2D eigenvalue weighted by atomic mass is 9.91. The second-order valence-corrected chi connectivity index (χ2v) is 6.37. The molecule has 0 heterocycles. The standard InChI is InChI=1S/C14H27F3N2O2/c1-9(2)18-13(6,12(20)21)7-11(5)19(10(3)4)8-14(15,16)17/h9-11,18H,7-8H2,1-6H3,(H,20,21). The number of aliphatic carboxylic acids is 1. The van der Waals surface area contributed by atoms with Crippen LogP contribution in [0.4, 0.5) is 13.2 Å². The Bertz CT molecular complexity index is 346. The van der Waals surface area contributed by atoms with Gasteiger partial charge in [0.15, 0.2) is 0 Å². The molecule has 126 valence electrons. The molecular formula is C14H27F3N2O2. The molecular weight excluding hydrogens is 285 g/mol. The van der Waals surface area contributed by atoms with E-state index in [-0.39, 0.29) is 18.5 Å². The van der Waals surface area contributed by atoms with Crippen molar-refractivity contribution in [1.82, 2.24) is 10.2 Å². The molecule has 0 aliphatic heterocycles. The van der Waals surface area contributed by atoms with E-state index in [1.807, 2.05) is 13.8 Å². The van der Waals surface area contributed by atoms with Crippen LogP contribution in [-0.4, -0.2) is 52.4 Å². The molecule has 21 heavy (non-hydrogen) atoms. The van der Waals surface area contributed by atoms with Gasteiger partial charge in [0.1, 0.15) is 5.54 Å². The molecule has 0 saturated carbocycles. The van der Waals surface area contributed by atoms with Gasteiger partial charge in [0, 0.05) is 18.1 Å². The topological polar surface area (TPSA) is 52.6 Å². The lowest BCUT2D eigenvalue weighted by molar-refractivity contribution is -0.157. The number of alkyl halides is 3. The van der Waals surface area contributed by atoms with Crippen molar-refractivity contribution in [2.75, 3.05) is 6.54 Å². The van der Waals surface area contributed by atoms with Crippen LogP contribution in [0.15, 0.2) is 0 Å². The second-order valence-electron chi connectivity index (χ2n) is 6.37. The summed E-state index contributed by atoms with van der Waals surface area (Å²) in [6.07, 6.45) is -4.21. The Hall–Kier alpha value is -0.820. The van der Waals surface area contributed by atoms with Gasteiger partial charge < -0.3 is 5.11 Å². The molecule has 0 aliphatic rings. The molecule has 4 nitrogen and oxygen atoms in total. The van der Waals surface area contributed by atoms with E-state index in [4.69, 9.17) is 0 Å². The largest absolute Gasteiger partial charge is 0.480 e. The fourth-order valence-electron chi connectivity index (χ4n) is 2.61. The molecule has 0 amide bonds. The van der Waals surface area contributed by atoms with Crippen molar-refractivity contribution >= 4 is 5.97 Å². The van der Waals surface area contributed by atoms with Crippen LogP contribution >= 0.6 is 0 Å². The molecule has 0 fully saturated rings. The Balaban J connectivity index is 5.09. The van der Waals surface area contributed by atoms with Crippen LogP contribution < -0.4 is 5.32 Å². The molecule has 0 aromatic heterocycles. The van der Waals surface area contributed by atoms with E-state index in [1.165, 1.54) is 11.8 Å². The van der Waals surface area contributed by atoms with Crippen molar-refractivity contribution in [3.8, 4) is 0 Å². The highest BCUT2D eigenvalue weighted by molar-refractivity contribution is 5.78. The predicted molar refractivity (Wildman–Crippen MR) is 76.3 cm³/mol. The maximum Gasteiger partial charge on any atom is 0.401 e. The highest BCUT2D eigenvalue weighted by atomic mass is 19.4. The van der Waals surface area contributed by atoms with Crippen LogP contribution in [0.3, 0.4) is 0 Å². The number of hydrogen-bond acceptors (Lipinski definition) is 3. The molecule has 0 aliphatic carbocycles. The van der Waals surface area contributed by atoms with Crippen LogP contribution in [0.1, 0.15) is 48.0 Å². The van der Waals surface area contributed by atoms with Gasteiger partial charge in [0.2, 0.25) is 0 Å². The summed E-state index contributed by atoms with van der Waals surface area (Å²) in [4.78, 5) is 12.7. The molecule has 0 saturated heterocycles. The van der Waals surface area contributed by atoms with Gasteiger partial charge in [-0.25, -0.2) is 0 Å². The van der Waals surface area contributed by atoms with Gasteiger partial charge in [0.05, 0.1) is 6.54 Å². The van der Waals surface area contributed by atoms with Crippen LogP contribution in [0.25, 0.3) is 0 Å². The quantitative estimate of drug-likeness (QED) is 0.723. The Kier molecular flexibility index (Phi) is 7.15. The number of carboxylic acid groups (broad SMARTS) is 1. The third kappa shape index (κ3) is 7.13. The van der Waals surface area contributed by atoms with E-state index >= 15 is 0 Å². The summed E-state index contributed by atoms with van der Waals surface area (Å²) in [6, 6.07) is -0.911. The Morgan fingerprint density at radius 1 is 1.19 bits per heavy atom. The first kappa shape index (κ1) is 20.2. The van der Waals surface area contributed by atoms with E-state index in [0.29, 0.717) is 0 Å². The third-order valence-corrected chi connectivity index (χ3v) is 3.37. The number of carbonyl (C=O) groups is 1. The van der Waals surface area contributed by atoms with Crippen molar-refractivity contribution in [1.29, 1.82) is 0 Å². The van der Waals surface area contributed by atoms with Crippen LogP contribution in [0.2, 0.25) is 0 Å². The summed E-state index contributed by atoms with van der Waals surface area (Å²) in [6.45, 7) is 9.08. The smallest absolute Gasteiger partial charge is 0.401 e. The maximum absolute atomic E-state index is 12.7. The van der Waals surface area contributed by atoms with E-state index < -0.39 is 30.3 Å². The van der Waals surface area contributed by atoms with Gasteiger partial charge >= 0.3 is 12.1 Å². The zero-order chi connectivity index (χ0) is 17.0. The number of nitrogens with zero attached hydrogens (tertiary/aromatic N) is 1. The summed E-state index contributed by atoms with van der Waals surface area (Å²) < 4.78 is 38.0. The predicted octanol–water partition coefficient (Wildman–Crippen LogP) is 2.88. The summed E-state index contributed by atoms with van der Waals surface area (Å²) >= 11 is 0. The lowest BCUT2D eigenvalue weighted by Gasteiger charge is -2.38. The summed E-state index contributed by atoms with van der Waals surface area (Å²) in [5.74, 6) is -1.06. The number of carboxylic acids is 1. The zero-order valence-corrected chi connectivity index (χ0v) is 13.6. The van der Waals surface area contributed by atoms with E-state index in [1.54, 1.807) is 20.8 Å². The number of rotatable bonds is 8. The number of halogens is 3. The fourth-order valence-corrected chi connectivity index (χ4v) is 2.61. The van der Waals surface area contributed by atoms with Crippen LogP contribution in [-0.2, 0) is 4.79 Å². The SMILES string of the molecule is CC(C)NC(C)(CC(C)N(CC(F)(F)F)C(C)C)C(=O)O. The van der Waals surface area contributed by atoms with E-state index in [2.05, 4.69) is 5.32 Å². The molecule has 0 radical (unpaired) electrons. The Morgan fingerprint density at radius 2 is 1.67 bits per heavy atom. The lowest BCUT2D eigenvalue weighted by Crippen LogP contribution is -2.57. The molecule has 2 unspecified atom stereocenters. The Morgan fingerprint density at radius 3 is 1.95 bits per heavy atom. The second kappa shape index (κ2) is 7.45. The van der Waals surface area contributed by atoms with Gasteiger partial charge in [-0.2, -0.15) is 13.2 Å². The minimum Gasteiger partial charge on any atom is -0.480 e. The van der Waals surface area contributed by atoms with Crippen molar-refractivity contribution < 1.29 is 23.1 Å². The van der Waals surface area contributed by atoms with Gasteiger partial charge in [0.25, 0.3) is 0 Å². The van der Waals surface area contributed by atoms with Gasteiger partial charge in [-0.3, -0.25) is 15.0 Å². The van der Waals surface area contributed by atoms with Crippen LogP contribution in [0.5, 0.6) is 0 Å². The molecule has 0 aromatic rings. The molecule has 0 bridgehead atoms. The summed E-state index contributed by atoms with van der Waals surface area (Å²) in [5, 5.41) is 12.3. The van der Waals surface area contributed by atoms with Crippen LogP contribution in [0, 0.1) is 0 Å². The van der Waals surface area contributed by atoms with Crippen molar-refractivity contribution in [2.24, 2.45) is 0 Å².